The van der Waals surface area contributed by atoms with Crippen molar-refractivity contribution in [2.75, 3.05) is 46.6 Å². The molecule has 2 rings (SSSR count). The van der Waals surface area contributed by atoms with Crippen LogP contribution in [0.1, 0.15) is 24.5 Å². The normalized spacial score (nSPS) is 14.1. The number of ether oxygens (including phenoxy) is 2. The Balaban J connectivity index is 0.00000288. The van der Waals surface area contributed by atoms with E-state index in [9.17, 15) is 0 Å². The van der Waals surface area contributed by atoms with Crippen molar-refractivity contribution in [1.82, 2.24) is 10.2 Å². The Labute approximate surface area is 162 Å². The van der Waals surface area contributed by atoms with Crippen molar-refractivity contribution in [3.8, 4) is 0 Å². The average Bonchev–Trinajstić information content (AvgIpc) is 2.59. The molecule has 1 heterocycles. The quantitative estimate of drug-likeness (QED) is 0.288. The van der Waals surface area contributed by atoms with Crippen LogP contribution in [0.3, 0.4) is 0 Å². The predicted octanol–water partition coefficient (Wildman–Crippen LogP) is 2.68. The van der Waals surface area contributed by atoms with Crippen LogP contribution in [0.15, 0.2) is 29.3 Å². The van der Waals surface area contributed by atoms with Gasteiger partial charge in [0, 0.05) is 39.9 Å². The van der Waals surface area contributed by atoms with Crippen LogP contribution in [0.25, 0.3) is 0 Å². The molecule has 1 aromatic carbocycles. The average molecular weight is 447 g/mol. The fourth-order valence-corrected chi connectivity index (χ4v) is 2.70. The summed E-state index contributed by atoms with van der Waals surface area (Å²) in [5, 5.41) is 3.41. The molecule has 0 saturated carbocycles. The van der Waals surface area contributed by atoms with Crippen molar-refractivity contribution < 1.29 is 9.47 Å². The SMILES string of the molecule is CCNC(=NCCCOCCOC)N1CCc2ccccc2C1.I. The molecule has 1 N–H and O–H groups in total. The van der Waals surface area contributed by atoms with Crippen LogP contribution in [0.2, 0.25) is 0 Å². The first-order chi connectivity index (χ1) is 11.3. The van der Waals surface area contributed by atoms with Crippen LogP contribution in [0, 0.1) is 0 Å². The summed E-state index contributed by atoms with van der Waals surface area (Å²) in [6, 6.07) is 8.68. The van der Waals surface area contributed by atoms with Gasteiger partial charge in [0.25, 0.3) is 0 Å². The van der Waals surface area contributed by atoms with Gasteiger partial charge in [0.05, 0.1) is 13.2 Å². The van der Waals surface area contributed by atoms with Gasteiger partial charge in [-0.15, -0.1) is 24.0 Å². The summed E-state index contributed by atoms with van der Waals surface area (Å²) in [7, 11) is 1.69. The van der Waals surface area contributed by atoms with Gasteiger partial charge in [0.2, 0.25) is 0 Å². The molecular formula is C18H30IN3O2. The number of benzene rings is 1. The molecule has 1 aliphatic rings. The van der Waals surface area contributed by atoms with Crippen molar-refractivity contribution >= 4 is 29.9 Å². The molecule has 0 saturated heterocycles. The first kappa shape index (κ1) is 21.2. The lowest BCUT2D eigenvalue weighted by Gasteiger charge is -2.31. The molecule has 0 bridgehead atoms. The van der Waals surface area contributed by atoms with Crippen molar-refractivity contribution in [3.05, 3.63) is 35.4 Å². The topological polar surface area (TPSA) is 46.1 Å². The van der Waals surface area contributed by atoms with Crippen molar-refractivity contribution in [3.63, 3.8) is 0 Å². The van der Waals surface area contributed by atoms with Crippen LogP contribution in [-0.4, -0.2) is 57.4 Å². The molecule has 136 valence electrons. The molecule has 0 fully saturated rings. The predicted molar refractivity (Wildman–Crippen MR) is 109 cm³/mol. The van der Waals surface area contributed by atoms with Crippen molar-refractivity contribution in [2.24, 2.45) is 4.99 Å². The van der Waals surface area contributed by atoms with E-state index >= 15 is 0 Å². The lowest BCUT2D eigenvalue weighted by Crippen LogP contribution is -2.44. The van der Waals surface area contributed by atoms with E-state index in [4.69, 9.17) is 14.5 Å². The first-order valence-corrected chi connectivity index (χ1v) is 8.52. The molecule has 0 spiro atoms. The Morgan fingerprint density at radius 3 is 2.75 bits per heavy atom. The number of hydrogen-bond acceptors (Lipinski definition) is 3. The van der Waals surface area contributed by atoms with Gasteiger partial charge < -0.3 is 19.7 Å². The Bertz CT molecular complexity index is 497. The van der Waals surface area contributed by atoms with E-state index < -0.39 is 0 Å². The monoisotopic (exact) mass is 447 g/mol. The zero-order chi connectivity index (χ0) is 16.3. The molecule has 0 atom stereocenters. The minimum atomic E-state index is 0. The van der Waals surface area contributed by atoms with Gasteiger partial charge in [-0.3, -0.25) is 4.99 Å². The molecule has 0 aliphatic carbocycles. The molecular weight excluding hydrogens is 417 g/mol. The molecule has 6 heteroatoms. The Kier molecular flexibility index (Phi) is 11.0. The highest BCUT2D eigenvalue weighted by Crippen LogP contribution is 2.18. The minimum Gasteiger partial charge on any atom is -0.382 e. The van der Waals surface area contributed by atoms with Gasteiger partial charge in [-0.05, 0) is 30.9 Å². The third kappa shape index (κ3) is 6.94. The van der Waals surface area contributed by atoms with Gasteiger partial charge in [0.15, 0.2) is 5.96 Å². The third-order valence-electron chi connectivity index (χ3n) is 3.91. The highest BCUT2D eigenvalue weighted by molar-refractivity contribution is 14.0. The van der Waals surface area contributed by atoms with Gasteiger partial charge in [0.1, 0.15) is 0 Å². The highest BCUT2D eigenvalue weighted by Gasteiger charge is 2.18. The summed E-state index contributed by atoms with van der Waals surface area (Å²) < 4.78 is 10.4. The van der Waals surface area contributed by atoms with Crippen LogP contribution in [0.4, 0.5) is 0 Å². The molecule has 1 aromatic rings. The van der Waals surface area contributed by atoms with Crippen LogP contribution >= 0.6 is 24.0 Å². The maximum atomic E-state index is 5.48. The number of nitrogens with zero attached hydrogens (tertiary/aromatic N) is 2. The first-order valence-electron chi connectivity index (χ1n) is 8.52. The number of methoxy groups -OCH3 is 1. The molecule has 24 heavy (non-hydrogen) atoms. The van der Waals surface area contributed by atoms with E-state index in [1.54, 1.807) is 7.11 Å². The summed E-state index contributed by atoms with van der Waals surface area (Å²) in [5.74, 6) is 1.01. The van der Waals surface area contributed by atoms with Gasteiger partial charge >= 0.3 is 0 Å². The summed E-state index contributed by atoms with van der Waals surface area (Å²) in [5.41, 5.74) is 2.87. The molecule has 0 aromatic heterocycles. The van der Waals surface area contributed by atoms with Gasteiger partial charge in [-0.25, -0.2) is 0 Å². The molecule has 1 aliphatic heterocycles. The maximum absolute atomic E-state index is 5.48. The third-order valence-corrected chi connectivity index (χ3v) is 3.91. The zero-order valence-electron chi connectivity index (χ0n) is 14.8. The number of nitrogens with one attached hydrogen (secondary N) is 1. The van der Waals surface area contributed by atoms with Crippen LogP contribution in [0.5, 0.6) is 0 Å². The van der Waals surface area contributed by atoms with Crippen molar-refractivity contribution in [1.29, 1.82) is 0 Å². The Morgan fingerprint density at radius 1 is 1.21 bits per heavy atom. The lowest BCUT2D eigenvalue weighted by atomic mass is 10.0. The summed E-state index contributed by atoms with van der Waals surface area (Å²) in [6.07, 6.45) is 2.02. The maximum Gasteiger partial charge on any atom is 0.194 e. The summed E-state index contributed by atoms with van der Waals surface area (Å²) >= 11 is 0. The fraction of sp³-hybridized carbons (Fsp3) is 0.611. The van der Waals surface area contributed by atoms with Gasteiger partial charge in [-0.1, -0.05) is 24.3 Å². The number of hydrogen-bond donors (Lipinski definition) is 1. The van der Waals surface area contributed by atoms with E-state index in [0.717, 1.165) is 51.6 Å². The zero-order valence-corrected chi connectivity index (χ0v) is 17.1. The minimum absolute atomic E-state index is 0. The van der Waals surface area contributed by atoms with Crippen LogP contribution < -0.4 is 5.32 Å². The second-order valence-electron chi connectivity index (χ2n) is 5.63. The number of guanidine groups is 1. The summed E-state index contributed by atoms with van der Waals surface area (Å²) in [6.45, 7) is 7.78. The second kappa shape index (κ2) is 12.5. The number of halogens is 1. The molecule has 0 radical (unpaired) electrons. The van der Waals surface area contributed by atoms with E-state index in [1.807, 2.05) is 0 Å². The largest absolute Gasteiger partial charge is 0.382 e. The number of aliphatic imine (C=N–C) groups is 1. The molecule has 0 unspecified atom stereocenters. The van der Waals surface area contributed by atoms with Crippen molar-refractivity contribution in [2.45, 2.75) is 26.3 Å². The van der Waals surface area contributed by atoms with Gasteiger partial charge in [-0.2, -0.15) is 0 Å². The Hall–Kier alpha value is -0.860. The molecule has 5 nitrogen and oxygen atoms in total. The summed E-state index contributed by atoms with van der Waals surface area (Å²) in [4.78, 5) is 7.09. The lowest BCUT2D eigenvalue weighted by molar-refractivity contribution is 0.0702. The standard InChI is InChI=1S/C18H29N3O2.HI/c1-3-19-18(20-10-6-12-23-14-13-22-2)21-11-9-16-7-4-5-8-17(16)15-21;/h4-5,7-8H,3,6,9-15H2,1-2H3,(H,19,20);1H. The second-order valence-corrected chi connectivity index (χ2v) is 5.63. The van der Waals surface area contributed by atoms with E-state index in [-0.39, 0.29) is 24.0 Å². The van der Waals surface area contributed by atoms with Crippen LogP contribution in [-0.2, 0) is 22.4 Å². The molecule has 0 amide bonds. The fourth-order valence-electron chi connectivity index (χ4n) is 2.70. The number of fused-ring (bicyclic) bond motifs is 1. The van der Waals surface area contributed by atoms with E-state index in [1.165, 1.54) is 11.1 Å². The Morgan fingerprint density at radius 2 is 2.00 bits per heavy atom. The highest BCUT2D eigenvalue weighted by atomic mass is 127. The van der Waals surface area contributed by atoms with E-state index in [0.29, 0.717) is 13.2 Å². The van der Waals surface area contributed by atoms with E-state index in [2.05, 4.69) is 41.4 Å². The number of rotatable bonds is 8. The smallest absolute Gasteiger partial charge is 0.194 e.